The quantitative estimate of drug-likeness (QED) is 0.887. The first-order valence-corrected chi connectivity index (χ1v) is 6.39. The van der Waals surface area contributed by atoms with Crippen LogP contribution < -0.4 is 10.5 Å². The molecule has 98 valence electrons. The van der Waals surface area contributed by atoms with Crippen LogP contribution in [0.4, 0.5) is 0 Å². The number of hydrogen-bond donors (Lipinski definition) is 1. The van der Waals surface area contributed by atoms with Gasteiger partial charge in [-0.05, 0) is 31.0 Å². The minimum atomic E-state index is 0.232. The standard InChI is InChI=1S/C14H21N3O/c1-4-10(2)17-13(9-16-14(17)15)11-6-5-7-12(8-11)18-3/h5-8,10,13H,4,9H2,1-3H3,(H2,15,16). The van der Waals surface area contributed by atoms with E-state index in [1.54, 1.807) is 7.11 Å². The average molecular weight is 247 g/mol. The molecule has 0 saturated heterocycles. The smallest absolute Gasteiger partial charge is 0.192 e. The van der Waals surface area contributed by atoms with E-state index < -0.39 is 0 Å². The minimum Gasteiger partial charge on any atom is -0.497 e. The van der Waals surface area contributed by atoms with Gasteiger partial charge in [0.05, 0.1) is 19.7 Å². The van der Waals surface area contributed by atoms with E-state index in [1.165, 1.54) is 5.56 Å². The summed E-state index contributed by atoms with van der Waals surface area (Å²) in [7, 11) is 1.69. The first kappa shape index (κ1) is 12.7. The molecule has 2 rings (SSSR count). The van der Waals surface area contributed by atoms with E-state index >= 15 is 0 Å². The zero-order valence-corrected chi connectivity index (χ0v) is 11.3. The van der Waals surface area contributed by atoms with Crippen LogP contribution in [0.25, 0.3) is 0 Å². The van der Waals surface area contributed by atoms with E-state index in [4.69, 9.17) is 10.5 Å². The van der Waals surface area contributed by atoms with Crippen molar-refractivity contribution in [1.29, 1.82) is 0 Å². The molecule has 0 radical (unpaired) electrons. The predicted octanol–water partition coefficient (Wildman–Crippen LogP) is 2.17. The van der Waals surface area contributed by atoms with Gasteiger partial charge in [-0.2, -0.15) is 0 Å². The normalized spacial score (nSPS) is 20.7. The highest BCUT2D eigenvalue weighted by atomic mass is 16.5. The van der Waals surface area contributed by atoms with Gasteiger partial charge in [0, 0.05) is 6.04 Å². The summed E-state index contributed by atoms with van der Waals surface area (Å²) in [5.41, 5.74) is 7.21. The van der Waals surface area contributed by atoms with E-state index in [9.17, 15) is 0 Å². The van der Waals surface area contributed by atoms with Gasteiger partial charge in [0.15, 0.2) is 5.96 Å². The van der Waals surface area contributed by atoms with E-state index in [1.807, 2.05) is 12.1 Å². The van der Waals surface area contributed by atoms with Crippen molar-refractivity contribution in [2.45, 2.75) is 32.4 Å². The molecule has 0 aromatic heterocycles. The molecule has 0 spiro atoms. The molecule has 2 atom stereocenters. The Hall–Kier alpha value is -1.71. The monoisotopic (exact) mass is 247 g/mol. The number of benzene rings is 1. The van der Waals surface area contributed by atoms with E-state index in [-0.39, 0.29) is 6.04 Å². The summed E-state index contributed by atoms with van der Waals surface area (Å²) < 4.78 is 5.28. The van der Waals surface area contributed by atoms with Gasteiger partial charge in [-0.25, -0.2) is 0 Å². The van der Waals surface area contributed by atoms with Crippen LogP contribution in [-0.2, 0) is 0 Å². The Balaban J connectivity index is 2.27. The van der Waals surface area contributed by atoms with Crippen LogP contribution in [0.1, 0.15) is 31.9 Å². The fourth-order valence-corrected chi connectivity index (χ4v) is 2.35. The summed E-state index contributed by atoms with van der Waals surface area (Å²) >= 11 is 0. The molecule has 4 heteroatoms. The van der Waals surface area contributed by atoms with Crippen LogP contribution in [0.3, 0.4) is 0 Å². The lowest BCUT2D eigenvalue weighted by molar-refractivity contribution is 0.268. The zero-order valence-electron chi connectivity index (χ0n) is 11.3. The zero-order chi connectivity index (χ0) is 13.1. The summed E-state index contributed by atoms with van der Waals surface area (Å²) in [6, 6.07) is 8.76. The second-order valence-electron chi connectivity index (χ2n) is 4.66. The Morgan fingerprint density at radius 3 is 3.00 bits per heavy atom. The van der Waals surface area contributed by atoms with Gasteiger partial charge in [0.2, 0.25) is 0 Å². The van der Waals surface area contributed by atoms with Gasteiger partial charge in [-0.3, -0.25) is 4.99 Å². The molecule has 0 fully saturated rings. The molecule has 4 nitrogen and oxygen atoms in total. The predicted molar refractivity (Wildman–Crippen MR) is 73.8 cm³/mol. The first-order chi connectivity index (χ1) is 8.67. The van der Waals surface area contributed by atoms with Crippen molar-refractivity contribution in [1.82, 2.24) is 4.90 Å². The van der Waals surface area contributed by atoms with Crippen molar-refractivity contribution in [2.75, 3.05) is 13.7 Å². The molecule has 0 amide bonds. The summed E-state index contributed by atoms with van der Waals surface area (Å²) in [4.78, 5) is 6.58. The summed E-state index contributed by atoms with van der Waals surface area (Å²) in [5, 5.41) is 0. The van der Waals surface area contributed by atoms with Crippen LogP contribution in [0.15, 0.2) is 29.3 Å². The maximum Gasteiger partial charge on any atom is 0.192 e. The third kappa shape index (κ3) is 2.28. The van der Waals surface area contributed by atoms with E-state index in [0.717, 1.165) is 18.7 Å². The third-order valence-corrected chi connectivity index (χ3v) is 3.57. The van der Waals surface area contributed by atoms with Crippen molar-refractivity contribution in [2.24, 2.45) is 10.7 Å². The van der Waals surface area contributed by atoms with Gasteiger partial charge in [0.1, 0.15) is 5.75 Å². The highest BCUT2D eigenvalue weighted by Crippen LogP contribution is 2.30. The molecule has 0 aliphatic carbocycles. The van der Waals surface area contributed by atoms with Crippen LogP contribution in [-0.4, -0.2) is 30.6 Å². The van der Waals surface area contributed by atoms with Crippen molar-refractivity contribution in [3.8, 4) is 5.75 Å². The van der Waals surface area contributed by atoms with Crippen molar-refractivity contribution < 1.29 is 4.74 Å². The number of rotatable bonds is 4. The Morgan fingerprint density at radius 2 is 2.33 bits per heavy atom. The molecule has 1 aromatic rings. The summed E-state index contributed by atoms with van der Waals surface area (Å²) in [6.07, 6.45) is 1.05. The molecule has 2 unspecified atom stereocenters. The third-order valence-electron chi connectivity index (χ3n) is 3.57. The first-order valence-electron chi connectivity index (χ1n) is 6.39. The summed E-state index contributed by atoms with van der Waals surface area (Å²) in [5.74, 6) is 1.53. The summed E-state index contributed by atoms with van der Waals surface area (Å²) in [6.45, 7) is 5.07. The minimum absolute atomic E-state index is 0.232. The van der Waals surface area contributed by atoms with E-state index in [2.05, 4.69) is 35.9 Å². The highest BCUT2D eigenvalue weighted by molar-refractivity contribution is 5.80. The molecule has 1 aliphatic heterocycles. The van der Waals surface area contributed by atoms with Gasteiger partial charge in [-0.15, -0.1) is 0 Å². The van der Waals surface area contributed by atoms with Crippen LogP contribution in [0.5, 0.6) is 5.75 Å². The number of aliphatic imine (C=N–C) groups is 1. The van der Waals surface area contributed by atoms with Crippen molar-refractivity contribution >= 4 is 5.96 Å². The van der Waals surface area contributed by atoms with E-state index in [0.29, 0.717) is 12.0 Å². The Kier molecular flexibility index (Phi) is 3.75. The topological polar surface area (TPSA) is 50.8 Å². The second kappa shape index (κ2) is 5.29. The SMILES string of the molecule is CCC(C)N1C(N)=NCC1c1cccc(OC)c1. The number of nitrogens with zero attached hydrogens (tertiary/aromatic N) is 2. The van der Waals surface area contributed by atoms with Gasteiger partial charge < -0.3 is 15.4 Å². The fourth-order valence-electron chi connectivity index (χ4n) is 2.35. The Bertz CT molecular complexity index is 444. The molecular formula is C14H21N3O. The Labute approximate surface area is 108 Å². The van der Waals surface area contributed by atoms with Gasteiger partial charge >= 0.3 is 0 Å². The number of methoxy groups -OCH3 is 1. The molecule has 1 heterocycles. The molecule has 18 heavy (non-hydrogen) atoms. The highest BCUT2D eigenvalue weighted by Gasteiger charge is 2.30. The van der Waals surface area contributed by atoms with Gasteiger partial charge in [0.25, 0.3) is 0 Å². The van der Waals surface area contributed by atoms with Crippen LogP contribution in [0, 0.1) is 0 Å². The average Bonchev–Trinajstić information content (AvgIpc) is 2.80. The number of hydrogen-bond acceptors (Lipinski definition) is 4. The van der Waals surface area contributed by atoms with Crippen molar-refractivity contribution in [3.05, 3.63) is 29.8 Å². The molecular weight excluding hydrogens is 226 g/mol. The van der Waals surface area contributed by atoms with Crippen LogP contribution >= 0.6 is 0 Å². The molecule has 1 aromatic carbocycles. The van der Waals surface area contributed by atoms with Crippen molar-refractivity contribution in [3.63, 3.8) is 0 Å². The largest absolute Gasteiger partial charge is 0.497 e. The molecule has 0 bridgehead atoms. The lowest BCUT2D eigenvalue weighted by Gasteiger charge is -2.32. The maximum atomic E-state index is 6.00. The van der Waals surface area contributed by atoms with Crippen LogP contribution in [0.2, 0.25) is 0 Å². The lowest BCUT2D eigenvalue weighted by atomic mass is 10.0. The second-order valence-corrected chi connectivity index (χ2v) is 4.66. The van der Waals surface area contributed by atoms with Gasteiger partial charge in [-0.1, -0.05) is 19.1 Å². The molecule has 0 saturated carbocycles. The Morgan fingerprint density at radius 1 is 1.56 bits per heavy atom. The lowest BCUT2D eigenvalue weighted by Crippen LogP contribution is -2.42. The fraction of sp³-hybridized carbons (Fsp3) is 0.500. The molecule has 1 aliphatic rings. The number of guanidine groups is 1. The molecule has 2 N–H and O–H groups in total. The number of nitrogens with two attached hydrogens (primary N) is 1. The number of ether oxygens (including phenoxy) is 1. The maximum absolute atomic E-state index is 6.00.